The smallest absolute Gasteiger partial charge is 0.254 e. The molecule has 0 spiro atoms. The lowest BCUT2D eigenvalue weighted by molar-refractivity contribution is -0.114. The third-order valence-electron chi connectivity index (χ3n) is 2.45. The average Bonchev–Trinajstić information content (AvgIpc) is 2.34. The Hall–Kier alpha value is -2.10. The van der Waals surface area contributed by atoms with Crippen LogP contribution in [0.25, 0.3) is 0 Å². The van der Waals surface area contributed by atoms with Crippen LogP contribution >= 0.6 is 0 Å². The Morgan fingerprint density at radius 3 is 2.72 bits per heavy atom. The molecule has 0 aliphatic heterocycles. The summed E-state index contributed by atoms with van der Waals surface area (Å²) in [5.41, 5.74) is 1.19. The zero-order valence-electron chi connectivity index (χ0n) is 10.8. The number of amides is 2. The molecule has 1 aromatic carbocycles. The molecule has 0 atom stereocenters. The summed E-state index contributed by atoms with van der Waals surface area (Å²) in [5.74, 6) is -0.220. The van der Waals surface area contributed by atoms with E-state index < -0.39 is 0 Å². The van der Waals surface area contributed by atoms with Crippen LogP contribution in [0.4, 0.5) is 5.69 Å². The Labute approximate surface area is 107 Å². The first-order chi connectivity index (χ1) is 8.58. The summed E-state index contributed by atoms with van der Waals surface area (Å²) in [7, 11) is 0. The summed E-state index contributed by atoms with van der Waals surface area (Å²) >= 11 is 0. The van der Waals surface area contributed by atoms with Gasteiger partial charge < -0.3 is 10.2 Å². The number of hydrogen-bond acceptors (Lipinski definition) is 2. The highest BCUT2D eigenvalue weighted by molar-refractivity contribution is 5.96. The van der Waals surface area contributed by atoms with Crippen LogP contribution in [0.2, 0.25) is 0 Å². The van der Waals surface area contributed by atoms with Crippen molar-refractivity contribution in [2.75, 3.05) is 18.4 Å². The third-order valence-corrected chi connectivity index (χ3v) is 2.45. The van der Waals surface area contributed by atoms with Crippen molar-refractivity contribution < 1.29 is 9.59 Å². The van der Waals surface area contributed by atoms with Crippen molar-refractivity contribution in [1.82, 2.24) is 4.90 Å². The maximum atomic E-state index is 12.2. The molecule has 0 unspecified atom stereocenters. The van der Waals surface area contributed by atoms with Crippen LogP contribution in [0.1, 0.15) is 24.2 Å². The molecule has 0 radical (unpaired) electrons. The van der Waals surface area contributed by atoms with Gasteiger partial charge in [-0.1, -0.05) is 12.1 Å². The van der Waals surface area contributed by atoms with Crippen LogP contribution in [-0.2, 0) is 4.79 Å². The number of carbonyl (C=O) groups is 2. The van der Waals surface area contributed by atoms with E-state index in [0.717, 1.165) is 0 Å². The molecule has 0 heterocycles. The molecule has 96 valence electrons. The third kappa shape index (κ3) is 3.73. The highest BCUT2D eigenvalue weighted by atomic mass is 16.2. The first-order valence-electron chi connectivity index (χ1n) is 5.86. The molecule has 2 amide bonds. The molecule has 0 aliphatic carbocycles. The van der Waals surface area contributed by atoms with Crippen molar-refractivity contribution in [2.24, 2.45) is 0 Å². The van der Waals surface area contributed by atoms with Gasteiger partial charge in [0.05, 0.1) is 0 Å². The van der Waals surface area contributed by atoms with Crippen molar-refractivity contribution in [2.45, 2.75) is 13.8 Å². The highest BCUT2D eigenvalue weighted by Crippen LogP contribution is 2.12. The molecular formula is C14H18N2O2. The Balaban J connectivity index is 2.91. The molecule has 0 aromatic heterocycles. The number of carbonyl (C=O) groups excluding carboxylic acids is 2. The van der Waals surface area contributed by atoms with Gasteiger partial charge in [-0.05, 0) is 25.1 Å². The Bertz CT molecular complexity index is 455. The lowest BCUT2D eigenvalue weighted by atomic mass is 10.1. The summed E-state index contributed by atoms with van der Waals surface area (Å²) in [6.45, 7) is 8.12. The fourth-order valence-corrected chi connectivity index (χ4v) is 1.63. The maximum Gasteiger partial charge on any atom is 0.254 e. The van der Waals surface area contributed by atoms with E-state index in [1.165, 1.54) is 6.92 Å². The molecule has 0 saturated heterocycles. The minimum atomic E-state index is -0.155. The summed E-state index contributed by atoms with van der Waals surface area (Å²) in [6.07, 6.45) is 1.69. The average molecular weight is 246 g/mol. The maximum absolute atomic E-state index is 12.2. The zero-order chi connectivity index (χ0) is 13.5. The fraction of sp³-hybridized carbons (Fsp3) is 0.286. The number of nitrogens with one attached hydrogen (secondary N) is 1. The van der Waals surface area contributed by atoms with Gasteiger partial charge in [-0.3, -0.25) is 9.59 Å². The van der Waals surface area contributed by atoms with E-state index in [2.05, 4.69) is 11.9 Å². The molecule has 1 N–H and O–H groups in total. The standard InChI is InChI=1S/C14H18N2O2/c1-4-9-16(5-2)14(18)12-7-6-8-13(10-12)15-11(3)17/h4,6-8,10H,1,5,9H2,2-3H3,(H,15,17). The lowest BCUT2D eigenvalue weighted by Gasteiger charge is -2.19. The summed E-state index contributed by atoms with van der Waals surface area (Å²) in [5, 5.41) is 2.66. The van der Waals surface area contributed by atoms with Gasteiger partial charge in [-0.2, -0.15) is 0 Å². The normalized spacial score (nSPS) is 9.67. The largest absolute Gasteiger partial charge is 0.335 e. The number of anilines is 1. The number of rotatable bonds is 5. The van der Waals surface area contributed by atoms with Crippen molar-refractivity contribution in [3.8, 4) is 0 Å². The summed E-state index contributed by atoms with van der Waals surface area (Å²) in [6, 6.07) is 6.91. The second-order valence-corrected chi connectivity index (χ2v) is 3.89. The van der Waals surface area contributed by atoms with Crippen LogP contribution in [0.3, 0.4) is 0 Å². The van der Waals surface area contributed by atoms with E-state index in [4.69, 9.17) is 0 Å². The van der Waals surface area contributed by atoms with Crippen LogP contribution in [0, 0.1) is 0 Å². The van der Waals surface area contributed by atoms with Crippen LogP contribution < -0.4 is 5.32 Å². The first kappa shape index (κ1) is 14.0. The van der Waals surface area contributed by atoms with Crippen LogP contribution in [0.15, 0.2) is 36.9 Å². The van der Waals surface area contributed by atoms with Gasteiger partial charge in [0.15, 0.2) is 0 Å². The highest BCUT2D eigenvalue weighted by Gasteiger charge is 2.13. The molecule has 1 aromatic rings. The van der Waals surface area contributed by atoms with Gasteiger partial charge in [0, 0.05) is 31.3 Å². The van der Waals surface area contributed by atoms with Gasteiger partial charge in [-0.15, -0.1) is 6.58 Å². The van der Waals surface area contributed by atoms with E-state index in [1.54, 1.807) is 35.2 Å². The molecule has 0 bridgehead atoms. The number of nitrogens with zero attached hydrogens (tertiary/aromatic N) is 1. The van der Waals surface area contributed by atoms with Crippen LogP contribution in [-0.4, -0.2) is 29.8 Å². The number of benzene rings is 1. The van der Waals surface area contributed by atoms with E-state index in [-0.39, 0.29) is 11.8 Å². The monoisotopic (exact) mass is 246 g/mol. The molecule has 1 rings (SSSR count). The predicted octanol–water partition coefficient (Wildman–Crippen LogP) is 2.29. The Morgan fingerprint density at radius 1 is 1.44 bits per heavy atom. The number of hydrogen-bond donors (Lipinski definition) is 1. The van der Waals surface area contributed by atoms with Crippen molar-refractivity contribution >= 4 is 17.5 Å². The van der Waals surface area contributed by atoms with E-state index in [0.29, 0.717) is 24.3 Å². The van der Waals surface area contributed by atoms with E-state index in [1.807, 2.05) is 6.92 Å². The summed E-state index contributed by atoms with van der Waals surface area (Å²) < 4.78 is 0. The van der Waals surface area contributed by atoms with Gasteiger partial charge in [0.1, 0.15) is 0 Å². The molecule has 0 saturated carbocycles. The molecule has 4 nitrogen and oxygen atoms in total. The minimum Gasteiger partial charge on any atom is -0.335 e. The van der Waals surface area contributed by atoms with Gasteiger partial charge in [0.2, 0.25) is 5.91 Å². The zero-order valence-corrected chi connectivity index (χ0v) is 10.8. The van der Waals surface area contributed by atoms with Crippen molar-refractivity contribution in [3.05, 3.63) is 42.5 Å². The van der Waals surface area contributed by atoms with Gasteiger partial charge in [-0.25, -0.2) is 0 Å². The SMILES string of the molecule is C=CCN(CC)C(=O)c1cccc(NC(C)=O)c1. The Kier molecular flexibility index (Phi) is 5.11. The first-order valence-corrected chi connectivity index (χ1v) is 5.86. The van der Waals surface area contributed by atoms with Crippen molar-refractivity contribution in [1.29, 1.82) is 0 Å². The van der Waals surface area contributed by atoms with Crippen molar-refractivity contribution in [3.63, 3.8) is 0 Å². The lowest BCUT2D eigenvalue weighted by Crippen LogP contribution is -2.30. The second-order valence-electron chi connectivity index (χ2n) is 3.89. The molecule has 0 aliphatic rings. The van der Waals surface area contributed by atoms with E-state index >= 15 is 0 Å². The Morgan fingerprint density at radius 2 is 2.17 bits per heavy atom. The molecular weight excluding hydrogens is 228 g/mol. The fourth-order valence-electron chi connectivity index (χ4n) is 1.63. The number of likely N-dealkylation sites (N-methyl/N-ethyl adjacent to an activating group) is 1. The topological polar surface area (TPSA) is 49.4 Å². The minimum absolute atomic E-state index is 0.0652. The van der Waals surface area contributed by atoms with Crippen LogP contribution in [0.5, 0.6) is 0 Å². The molecule has 0 fully saturated rings. The van der Waals surface area contributed by atoms with Gasteiger partial charge in [0.25, 0.3) is 5.91 Å². The molecule has 18 heavy (non-hydrogen) atoms. The molecule has 4 heteroatoms. The second kappa shape index (κ2) is 6.59. The van der Waals surface area contributed by atoms with Gasteiger partial charge >= 0.3 is 0 Å². The predicted molar refractivity (Wildman–Crippen MR) is 72.5 cm³/mol. The summed E-state index contributed by atoms with van der Waals surface area (Å²) in [4.78, 5) is 24.8. The van der Waals surface area contributed by atoms with E-state index in [9.17, 15) is 9.59 Å². The quantitative estimate of drug-likeness (QED) is 0.810.